The number of benzene rings is 1. The smallest absolute Gasteiger partial charge is 0.149 e. The quantitative estimate of drug-likeness (QED) is 0.852. The van der Waals surface area contributed by atoms with Crippen LogP contribution in [0.1, 0.15) is 23.8 Å². The van der Waals surface area contributed by atoms with Crippen LogP contribution in [-0.4, -0.2) is 9.32 Å². The largest absolute Gasteiger partial charge is 0.465 e. The van der Waals surface area contributed by atoms with Crippen molar-refractivity contribution in [1.29, 1.82) is 0 Å². The van der Waals surface area contributed by atoms with Crippen LogP contribution in [0.25, 0.3) is 0 Å². The van der Waals surface area contributed by atoms with Crippen molar-refractivity contribution in [3.8, 4) is 0 Å². The normalized spacial score (nSPS) is 14.0. The van der Waals surface area contributed by atoms with Crippen LogP contribution in [0.5, 0.6) is 0 Å². The number of hydrogen-bond acceptors (Lipinski definition) is 3. The second kappa shape index (κ2) is 5.99. The lowest BCUT2D eigenvalue weighted by Crippen LogP contribution is -2.01. The van der Waals surface area contributed by atoms with Crippen molar-refractivity contribution in [3.63, 3.8) is 0 Å². The number of rotatable bonds is 5. The van der Waals surface area contributed by atoms with Gasteiger partial charge in [0.2, 0.25) is 0 Å². The van der Waals surface area contributed by atoms with E-state index in [0.29, 0.717) is 22.0 Å². The molecule has 19 heavy (non-hydrogen) atoms. The van der Waals surface area contributed by atoms with Gasteiger partial charge < -0.3 is 9.52 Å². The fraction of sp³-hybridized carbons (Fsp3) is 0.200. The second-order valence-electron chi connectivity index (χ2n) is 4.27. The lowest BCUT2D eigenvalue weighted by Gasteiger charge is -2.08. The van der Waals surface area contributed by atoms with Gasteiger partial charge in [-0.1, -0.05) is 23.8 Å². The zero-order valence-electron chi connectivity index (χ0n) is 10.7. The molecule has 1 N–H and O–H groups in total. The highest BCUT2D eigenvalue weighted by Gasteiger charge is 2.20. The van der Waals surface area contributed by atoms with E-state index in [-0.39, 0.29) is 0 Å². The first-order valence-electron chi connectivity index (χ1n) is 5.98. The van der Waals surface area contributed by atoms with Crippen molar-refractivity contribution < 1.29 is 13.7 Å². The average Bonchev–Trinajstić information content (AvgIpc) is 2.88. The second-order valence-corrected chi connectivity index (χ2v) is 5.72. The third kappa shape index (κ3) is 3.03. The van der Waals surface area contributed by atoms with Gasteiger partial charge in [0.25, 0.3) is 0 Å². The van der Waals surface area contributed by atoms with Crippen LogP contribution < -0.4 is 0 Å². The molecular formula is C15H16O3S. The van der Waals surface area contributed by atoms with Gasteiger partial charge in [0.1, 0.15) is 11.9 Å². The van der Waals surface area contributed by atoms with Gasteiger partial charge >= 0.3 is 0 Å². The fourth-order valence-corrected chi connectivity index (χ4v) is 2.94. The molecule has 1 aromatic carbocycles. The molecule has 1 aromatic heterocycles. The number of hydrogen-bond donors (Lipinski definition) is 1. The molecule has 0 amide bonds. The summed E-state index contributed by atoms with van der Waals surface area (Å²) < 4.78 is 17.7. The van der Waals surface area contributed by atoms with Gasteiger partial charge in [-0.25, -0.2) is 4.21 Å². The van der Waals surface area contributed by atoms with E-state index in [4.69, 9.17) is 4.42 Å². The summed E-state index contributed by atoms with van der Waals surface area (Å²) in [5, 5.41) is 9.93. The van der Waals surface area contributed by atoms with E-state index in [1.54, 1.807) is 12.1 Å². The number of aliphatic hydroxyl groups is 1. The van der Waals surface area contributed by atoms with Gasteiger partial charge in [-0.3, -0.25) is 0 Å². The van der Waals surface area contributed by atoms with Crippen molar-refractivity contribution in [1.82, 2.24) is 0 Å². The molecule has 0 unspecified atom stereocenters. The van der Waals surface area contributed by atoms with E-state index in [9.17, 15) is 9.32 Å². The Kier molecular flexibility index (Phi) is 4.35. The number of aryl methyl sites for hydroxylation is 1. The van der Waals surface area contributed by atoms with Crippen LogP contribution >= 0.6 is 0 Å². The van der Waals surface area contributed by atoms with E-state index >= 15 is 0 Å². The summed E-state index contributed by atoms with van der Waals surface area (Å²) in [5.74, 6) is 0.346. The van der Waals surface area contributed by atoms with Crippen LogP contribution in [0.15, 0.2) is 63.5 Å². The van der Waals surface area contributed by atoms with Crippen molar-refractivity contribution in [2.75, 3.05) is 0 Å². The zero-order valence-corrected chi connectivity index (χ0v) is 11.5. The first-order valence-corrected chi connectivity index (χ1v) is 7.13. The highest BCUT2D eigenvalue weighted by molar-refractivity contribution is 7.85. The summed E-state index contributed by atoms with van der Waals surface area (Å²) in [5.41, 5.74) is 1.11. The molecule has 0 aliphatic rings. The highest BCUT2D eigenvalue weighted by atomic mass is 32.2. The van der Waals surface area contributed by atoms with Gasteiger partial charge in [-0.2, -0.15) is 0 Å². The van der Waals surface area contributed by atoms with Gasteiger partial charge in [0, 0.05) is 4.90 Å². The third-order valence-electron chi connectivity index (χ3n) is 2.78. The minimum absolute atomic E-state index is 0.346. The van der Waals surface area contributed by atoms with E-state index in [1.807, 2.05) is 31.2 Å². The maximum Gasteiger partial charge on any atom is 0.149 e. The highest BCUT2D eigenvalue weighted by Crippen LogP contribution is 2.28. The molecule has 0 bridgehead atoms. The minimum atomic E-state index is -1.35. The Morgan fingerprint density at radius 3 is 2.68 bits per heavy atom. The average molecular weight is 276 g/mol. The predicted octanol–water partition coefficient (Wildman–Crippen LogP) is 3.36. The Morgan fingerprint density at radius 1 is 1.37 bits per heavy atom. The van der Waals surface area contributed by atoms with Gasteiger partial charge in [-0.05, 0) is 31.5 Å². The van der Waals surface area contributed by atoms with E-state index in [1.165, 1.54) is 6.26 Å². The molecule has 2 aromatic rings. The topological polar surface area (TPSA) is 50.4 Å². The molecule has 100 valence electrons. The van der Waals surface area contributed by atoms with Crippen molar-refractivity contribution >= 4 is 10.8 Å². The molecule has 2 rings (SSSR count). The SMILES string of the molecule is C=CC[C@@H](O)c1occc1[S@@](=O)c1ccc(C)cc1. The van der Waals surface area contributed by atoms with Crippen molar-refractivity contribution in [2.24, 2.45) is 0 Å². The standard InChI is InChI=1S/C15H16O3S/c1-3-4-13(16)15-14(9-10-18-15)19(17)12-7-5-11(2)6-8-12/h3,5-10,13,16H,1,4H2,2H3/t13-,19+/m1/s1. The lowest BCUT2D eigenvalue weighted by atomic mass is 10.2. The summed E-state index contributed by atoms with van der Waals surface area (Å²) in [6.07, 6.45) is 2.61. The molecule has 3 nitrogen and oxygen atoms in total. The summed E-state index contributed by atoms with van der Waals surface area (Å²) in [6, 6.07) is 9.10. The lowest BCUT2D eigenvalue weighted by molar-refractivity contribution is 0.149. The van der Waals surface area contributed by atoms with E-state index in [2.05, 4.69) is 6.58 Å². The molecule has 2 atom stereocenters. The summed E-state index contributed by atoms with van der Waals surface area (Å²) >= 11 is 0. The first-order chi connectivity index (χ1) is 9.13. The number of furan rings is 1. The van der Waals surface area contributed by atoms with Gasteiger partial charge in [0.15, 0.2) is 0 Å². The summed E-state index contributed by atoms with van der Waals surface area (Å²) in [7, 11) is -1.35. The van der Waals surface area contributed by atoms with Gasteiger partial charge in [0.05, 0.1) is 22.0 Å². The monoisotopic (exact) mass is 276 g/mol. The van der Waals surface area contributed by atoms with Gasteiger partial charge in [-0.15, -0.1) is 6.58 Å². The Balaban J connectivity index is 2.32. The van der Waals surface area contributed by atoms with Crippen molar-refractivity contribution in [3.05, 3.63) is 60.6 Å². The molecule has 4 heteroatoms. The van der Waals surface area contributed by atoms with E-state index < -0.39 is 16.9 Å². The summed E-state index contributed by atoms with van der Waals surface area (Å²) in [6.45, 7) is 5.55. The Bertz CT molecular complexity index is 584. The van der Waals surface area contributed by atoms with Crippen LogP contribution in [0.3, 0.4) is 0 Å². The predicted molar refractivity (Wildman–Crippen MR) is 74.3 cm³/mol. The molecule has 0 saturated carbocycles. The molecular weight excluding hydrogens is 260 g/mol. The molecule has 0 fully saturated rings. The molecule has 0 spiro atoms. The zero-order chi connectivity index (χ0) is 13.8. The van der Waals surface area contributed by atoms with E-state index in [0.717, 1.165) is 5.56 Å². The first kappa shape index (κ1) is 13.8. The molecule has 0 aliphatic carbocycles. The van der Waals surface area contributed by atoms with Crippen LogP contribution in [-0.2, 0) is 10.8 Å². The molecule has 0 radical (unpaired) electrons. The van der Waals surface area contributed by atoms with Crippen molar-refractivity contribution in [2.45, 2.75) is 29.2 Å². The Hall–Kier alpha value is -1.65. The Morgan fingerprint density at radius 2 is 2.05 bits per heavy atom. The minimum Gasteiger partial charge on any atom is -0.465 e. The van der Waals surface area contributed by atoms with Crippen LogP contribution in [0.4, 0.5) is 0 Å². The molecule has 0 aliphatic heterocycles. The summed E-state index contributed by atoms with van der Waals surface area (Å²) in [4.78, 5) is 1.21. The maximum atomic E-state index is 12.5. The fourth-order valence-electron chi connectivity index (χ4n) is 1.76. The van der Waals surface area contributed by atoms with Crippen LogP contribution in [0, 0.1) is 6.92 Å². The Labute approximate surface area is 115 Å². The maximum absolute atomic E-state index is 12.5. The third-order valence-corrected chi connectivity index (χ3v) is 4.22. The number of aliphatic hydroxyl groups excluding tert-OH is 1. The van der Waals surface area contributed by atoms with Crippen LogP contribution in [0.2, 0.25) is 0 Å². The molecule has 1 heterocycles. The molecule has 0 saturated heterocycles.